The van der Waals surface area contributed by atoms with Gasteiger partial charge in [-0.3, -0.25) is 14.9 Å². The predicted molar refractivity (Wildman–Crippen MR) is 49.6 cm³/mol. The predicted octanol–water partition coefficient (Wildman–Crippen LogP) is -0.355. The van der Waals surface area contributed by atoms with Crippen LogP contribution in [-0.2, 0) is 7.05 Å². The standard InChI is InChI=1S/C7H7N5O3/c1-4-9-11-6(13)5(12(14)15)3-8-7(11)10(4)2/h3H,1-2H3. The summed E-state index contributed by atoms with van der Waals surface area (Å²) in [4.78, 5) is 25.0. The zero-order chi connectivity index (χ0) is 11.2. The molecule has 0 saturated heterocycles. The first-order chi connectivity index (χ1) is 7.02. The van der Waals surface area contributed by atoms with Gasteiger partial charge in [0.15, 0.2) is 0 Å². The fourth-order valence-electron chi connectivity index (χ4n) is 1.23. The number of rotatable bonds is 1. The van der Waals surface area contributed by atoms with E-state index in [4.69, 9.17) is 0 Å². The molecule has 0 amide bonds. The molecule has 0 radical (unpaired) electrons. The normalized spacial score (nSPS) is 10.8. The molecule has 0 saturated carbocycles. The minimum absolute atomic E-state index is 0.281. The summed E-state index contributed by atoms with van der Waals surface area (Å²) < 4.78 is 2.50. The molecule has 0 aliphatic carbocycles. The zero-order valence-electron chi connectivity index (χ0n) is 8.04. The Bertz CT molecular complexity index is 611. The van der Waals surface area contributed by atoms with Crippen molar-refractivity contribution >= 4 is 11.5 Å². The second-order valence-corrected chi connectivity index (χ2v) is 3.02. The van der Waals surface area contributed by atoms with Gasteiger partial charge >= 0.3 is 11.2 Å². The van der Waals surface area contributed by atoms with E-state index < -0.39 is 16.2 Å². The Hall–Kier alpha value is -2.25. The van der Waals surface area contributed by atoms with Gasteiger partial charge < -0.3 is 4.57 Å². The van der Waals surface area contributed by atoms with Crippen LogP contribution in [0.1, 0.15) is 5.82 Å². The molecule has 0 aliphatic heterocycles. The van der Waals surface area contributed by atoms with E-state index in [1.807, 2.05) is 0 Å². The largest absolute Gasteiger partial charge is 0.354 e. The van der Waals surface area contributed by atoms with Crippen LogP contribution in [0.3, 0.4) is 0 Å². The van der Waals surface area contributed by atoms with Gasteiger partial charge in [-0.15, -0.1) is 5.10 Å². The summed E-state index contributed by atoms with van der Waals surface area (Å²) in [7, 11) is 1.68. The number of aryl methyl sites for hydroxylation is 2. The van der Waals surface area contributed by atoms with Gasteiger partial charge in [0.05, 0.1) is 4.92 Å². The van der Waals surface area contributed by atoms with Gasteiger partial charge in [-0.1, -0.05) is 0 Å². The molecule has 0 N–H and O–H groups in total. The fraction of sp³-hybridized carbons (Fsp3) is 0.286. The van der Waals surface area contributed by atoms with Crippen molar-refractivity contribution in [1.82, 2.24) is 19.2 Å². The highest BCUT2D eigenvalue weighted by molar-refractivity contribution is 5.34. The van der Waals surface area contributed by atoms with E-state index in [2.05, 4.69) is 10.1 Å². The van der Waals surface area contributed by atoms with Gasteiger partial charge in [-0.25, -0.2) is 4.98 Å². The maximum absolute atomic E-state index is 11.5. The lowest BCUT2D eigenvalue weighted by atomic mass is 10.5. The van der Waals surface area contributed by atoms with E-state index >= 15 is 0 Å². The molecule has 0 aliphatic rings. The lowest BCUT2D eigenvalue weighted by molar-refractivity contribution is -0.386. The number of fused-ring (bicyclic) bond motifs is 1. The second-order valence-electron chi connectivity index (χ2n) is 3.02. The van der Waals surface area contributed by atoms with Crippen LogP contribution >= 0.6 is 0 Å². The van der Waals surface area contributed by atoms with Crippen molar-refractivity contribution in [2.75, 3.05) is 0 Å². The van der Waals surface area contributed by atoms with Crippen molar-refractivity contribution < 1.29 is 4.92 Å². The summed E-state index contributed by atoms with van der Waals surface area (Å²) in [6.07, 6.45) is 0.943. The van der Waals surface area contributed by atoms with Crippen LogP contribution in [0.25, 0.3) is 5.78 Å². The molecule has 0 atom stereocenters. The van der Waals surface area contributed by atoms with Gasteiger partial charge in [-0.2, -0.15) is 4.52 Å². The summed E-state index contributed by atoms with van der Waals surface area (Å²) in [6, 6.07) is 0. The summed E-state index contributed by atoms with van der Waals surface area (Å²) in [6.45, 7) is 1.68. The van der Waals surface area contributed by atoms with Crippen molar-refractivity contribution in [3.63, 3.8) is 0 Å². The van der Waals surface area contributed by atoms with E-state index in [-0.39, 0.29) is 5.78 Å². The smallest absolute Gasteiger partial charge is 0.300 e. The molecular weight excluding hydrogens is 202 g/mol. The van der Waals surface area contributed by atoms with E-state index in [0.29, 0.717) is 5.82 Å². The second kappa shape index (κ2) is 2.87. The van der Waals surface area contributed by atoms with Gasteiger partial charge in [0, 0.05) is 7.05 Å². The first-order valence-electron chi connectivity index (χ1n) is 4.08. The third-order valence-electron chi connectivity index (χ3n) is 2.13. The van der Waals surface area contributed by atoms with E-state index in [1.165, 1.54) is 0 Å². The summed E-state index contributed by atoms with van der Waals surface area (Å²) >= 11 is 0. The number of hydrogen-bond acceptors (Lipinski definition) is 5. The van der Waals surface area contributed by atoms with Gasteiger partial charge in [0.1, 0.15) is 12.0 Å². The number of nitro groups is 1. The van der Waals surface area contributed by atoms with Gasteiger partial charge in [0.2, 0.25) is 5.78 Å². The molecular formula is C7H7N5O3. The van der Waals surface area contributed by atoms with Crippen LogP contribution in [0.4, 0.5) is 5.69 Å². The Morgan fingerprint density at radius 2 is 2.20 bits per heavy atom. The van der Waals surface area contributed by atoms with Crippen LogP contribution in [0.15, 0.2) is 11.0 Å². The van der Waals surface area contributed by atoms with E-state index in [9.17, 15) is 14.9 Å². The van der Waals surface area contributed by atoms with Gasteiger partial charge in [0.25, 0.3) is 0 Å². The van der Waals surface area contributed by atoms with Crippen LogP contribution in [-0.4, -0.2) is 24.1 Å². The molecule has 0 aromatic carbocycles. The van der Waals surface area contributed by atoms with Crippen molar-refractivity contribution in [2.45, 2.75) is 6.92 Å². The fourth-order valence-corrected chi connectivity index (χ4v) is 1.23. The van der Waals surface area contributed by atoms with Crippen LogP contribution in [0.2, 0.25) is 0 Å². The van der Waals surface area contributed by atoms with Crippen molar-refractivity contribution in [1.29, 1.82) is 0 Å². The zero-order valence-corrected chi connectivity index (χ0v) is 8.04. The lowest BCUT2D eigenvalue weighted by Gasteiger charge is -1.93. The lowest BCUT2D eigenvalue weighted by Crippen LogP contribution is -2.18. The van der Waals surface area contributed by atoms with Crippen LogP contribution in [0, 0.1) is 17.0 Å². The Kier molecular flexibility index (Phi) is 1.78. The maximum Gasteiger partial charge on any atom is 0.354 e. The Morgan fingerprint density at radius 3 is 2.80 bits per heavy atom. The summed E-state index contributed by atoms with van der Waals surface area (Å²) in [5, 5.41) is 14.3. The Morgan fingerprint density at radius 1 is 1.53 bits per heavy atom. The molecule has 78 valence electrons. The maximum atomic E-state index is 11.5. The molecule has 2 heterocycles. The first-order valence-corrected chi connectivity index (χ1v) is 4.08. The Labute approximate surface area is 82.9 Å². The summed E-state index contributed by atoms with van der Waals surface area (Å²) in [5.41, 5.74) is -1.35. The van der Waals surface area contributed by atoms with Crippen LogP contribution in [0.5, 0.6) is 0 Å². The molecule has 0 bridgehead atoms. The summed E-state index contributed by atoms with van der Waals surface area (Å²) in [5.74, 6) is 0.836. The first kappa shape index (κ1) is 9.31. The van der Waals surface area contributed by atoms with Crippen LogP contribution < -0.4 is 5.56 Å². The quantitative estimate of drug-likeness (QED) is 0.472. The van der Waals surface area contributed by atoms with E-state index in [1.54, 1.807) is 18.5 Å². The molecule has 0 spiro atoms. The average Bonchev–Trinajstić information content (AvgIpc) is 2.45. The van der Waals surface area contributed by atoms with Crippen molar-refractivity contribution in [3.05, 3.63) is 32.5 Å². The number of aromatic nitrogens is 4. The van der Waals surface area contributed by atoms with Crippen molar-refractivity contribution in [3.8, 4) is 0 Å². The molecule has 0 fully saturated rings. The third kappa shape index (κ3) is 1.18. The monoisotopic (exact) mass is 209 g/mol. The molecule has 0 unspecified atom stereocenters. The minimum Gasteiger partial charge on any atom is -0.300 e. The molecule has 2 rings (SSSR count). The molecule has 8 nitrogen and oxygen atoms in total. The highest BCUT2D eigenvalue weighted by Crippen LogP contribution is 2.04. The molecule has 15 heavy (non-hydrogen) atoms. The van der Waals surface area contributed by atoms with E-state index in [0.717, 1.165) is 10.7 Å². The highest BCUT2D eigenvalue weighted by Gasteiger charge is 2.18. The third-order valence-corrected chi connectivity index (χ3v) is 2.13. The molecule has 8 heteroatoms. The number of hydrogen-bond donors (Lipinski definition) is 0. The molecule has 2 aromatic heterocycles. The van der Waals surface area contributed by atoms with Crippen molar-refractivity contribution in [2.24, 2.45) is 7.05 Å². The SMILES string of the molecule is Cc1nn2c(=O)c([N+](=O)[O-])cnc2n1C. The Balaban J connectivity index is 2.92. The molecule has 2 aromatic rings. The minimum atomic E-state index is -0.772. The highest BCUT2D eigenvalue weighted by atomic mass is 16.6. The topological polar surface area (TPSA) is 95.3 Å². The van der Waals surface area contributed by atoms with Gasteiger partial charge in [-0.05, 0) is 6.92 Å². The number of nitrogens with zero attached hydrogens (tertiary/aromatic N) is 5. The average molecular weight is 209 g/mol.